The summed E-state index contributed by atoms with van der Waals surface area (Å²) >= 11 is 0. The number of alkyl halides is 3. The molecular weight excluding hydrogens is 407 g/mol. The van der Waals surface area contributed by atoms with Crippen LogP contribution in [0, 0.1) is 10.1 Å². The number of nitrogens with zero attached hydrogens (tertiary/aromatic N) is 3. The standard InChI is InChI=1S/C15H18F3N3O6S/c1-10-9-19(7-8-20(10)13(22)14(2,23)15(16,17)18)28(26,27)12-6-4-3-5-11(12)21(24)25/h3-6,10,23H,7-9H2,1-2H3/t10-,14+/m0/s1. The van der Waals surface area contributed by atoms with Crippen molar-refractivity contribution in [1.82, 2.24) is 9.21 Å². The maximum atomic E-state index is 12.9. The number of amides is 1. The second-order valence-corrected chi connectivity index (χ2v) is 8.41. The lowest BCUT2D eigenvalue weighted by Crippen LogP contribution is -2.63. The Morgan fingerprint density at radius 1 is 1.29 bits per heavy atom. The van der Waals surface area contributed by atoms with Gasteiger partial charge in [0.1, 0.15) is 0 Å². The van der Waals surface area contributed by atoms with Crippen LogP contribution in [0.25, 0.3) is 0 Å². The van der Waals surface area contributed by atoms with Gasteiger partial charge in [0, 0.05) is 31.7 Å². The fourth-order valence-corrected chi connectivity index (χ4v) is 4.48. The summed E-state index contributed by atoms with van der Waals surface area (Å²) in [7, 11) is -4.31. The first-order chi connectivity index (χ1) is 12.7. The molecule has 1 amide bonds. The predicted molar refractivity (Wildman–Crippen MR) is 89.7 cm³/mol. The van der Waals surface area contributed by atoms with E-state index < -0.39 is 55.8 Å². The minimum atomic E-state index is -5.20. The molecule has 1 aliphatic rings. The molecule has 1 N–H and O–H groups in total. The molecule has 0 unspecified atom stereocenters. The summed E-state index contributed by atoms with van der Waals surface area (Å²) in [4.78, 5) is 22.6. The molecule has 1 heterocycles. The Labute approximate surface area is 158 Å². The van der Waals surface area contributed by atoms with Crippen molar-refractivity contribution < 1.29 is 36.4 Å². The van der Waals surface area contributed by atoms with Gasteiger partial charge in [0.05, 0.1) is 4.92 Å². The van der Waals surface area contributed by atoms with E-state index in [-0.39, 0.29) is 13.1 Å². The van der Waals surface area contributed by atoms with Crippen LogP contribution >= 0.6 is 0 Å². The smallest absolute Gasteiger partial charge is 0.373 e. The van der Waals surface area contributed by atoms with Gasteiger partial charge in [-0.1, -0.05) is 12.1 Å². The molecule has 1 fully saturated rings. The normalized spacial score (nSPS) is 21.2. The molecule has 1 aromatic carbocycles. The maximum absolute atomic E-state index is 12.9. The summed E-state index contributed by atoms with van der Waals surface area (Å²) in [6.45, 7) is 0.489. The first-order valence-corrected chi connectivity index (χ1v) is 9.49. The van der Waals surface area contributed by atoms with Crippen molar-refractivity contribution >= 4 is 21.6 Å². The number of benzene rings is 1. The Kier molecular flexibility index (Phi) is 5.74. The van der Waals surface area contributed by atoms with E-state index in [1.54, 1.807) is 0 Å². The minimum absolute atomic E-state index is 0.332. The van der Waals surface area contributed by atoms with Gasteiger partial charge in [0.2, 0.25) is 15.6 Å². The molecule has 1 saturated heterocycles. The Balaban J connectivity index is 2.27. The SMILES string of the molecule is C[C@H]1CN(S(=O)(=O)c2ccccc2[N+](=O)[O-])CCN1C(=O)[C@@](C)(O)C(F)(F)F. The van der Waals surface area contributed by atoms with Crippen LogP contribution in [0.5, 0.6) is 0 Å². The molecule has 1 aromatic rings. The van der Waals surface area contributed by atoms with Gasteiger partial charge in [-0.05, 0) is 19.9 Å². The average Bonchev–Trinajstić information content (AvgIpc) is 2.60. The number of nitro benzene ring substituents is 1. The van der Waals surface area contributed by atoms with Gasteiger partial charge in [-0.15, -0.1) is 0 Å². The molecular formula is C15H18F3N3O6S. The number of hydrogen-bond acceptors (Lipinski definition) is 6. The Morgan fingerprint density at radius 2 is 1.86 bits per heavy atom. The maximum Gasteiger partial charge on any atom is 0.426 e. The largest absolute Gasteiger partial charge is 0.426 e. The van der Waals surface area contributed by atoms with Gasteiger partial charge in [0.15, 0.2) is 4.90 Å². The summed E-state index contributed by atoms with van der Waals surface area (Å²) in [5.74, 6) is -1.59. The fraction of sp³-hybridized carbons (Fsp3) is 0.533. The van der Waals surface area contributed by atoms with Gasteiger partial charge >= 0.3 is 6.18 Å². The lowest BCUT2D eigenvalue weighted by atomic mass is 10.0. The summed E-state index contributed by atoms with van der Waals surface area (Å²) in [6, 6.07) is 3.70. The van der Waals surface area contributed by atoms with Crippen LogP contribution in [0.15, 0.2) is 29.2 Å². The molecule has 0 aliphatic carbocycles. The van der Waals surface area contributed by atoms with E-state index in [1.807, 2.05) is 0 Å². The first kappa shape index (κ1) is 22.0. The highest BCUT2D eigenvalue weighted by Crippen LogP contribution is 2.33. The molecule has 0 bridgehead atoms. The van der Waals surface area contributed by atoms with Crippen LogP contribution < -0.4 is 0 Å². The van der Waals surface area contributed by atoms with E-state index in [0.717, 1.165) is 21.3 Å². The molecule has 0 spiro atoms. The third-order valence-corrected chi connectivity index (χ3v) is 6.41. The number of piperazine rings is 1. The molecule has 2 atom stereocenters. The number of carbonyl (C=O) groups is 1. The van der Waals surface area contributed by atoms with Crippen molar-refractivity contribution in [2.24, 2.45) is 0 Å². The van der Waals surface area contributed by atoms with E-state index in [9.17, 15) is 41.6 Å². The van der Waals surface area contributed by atoms with Crippen molar-refractivity contribution in [1.29, 1.82) is 0 Å². The third-order valence-electron chi connectivity index (χ3n) is 4.50. The van der Waals surface area contributed by atoms with Crippen molar-refractivity contribution in [3.63, 3.8) is 0 Å². The quantitative estimate of drug-likeness (QED) is 0.570. The van der Waals surface area contributed by atoms with E-state index in [2.05, 4.69) is 0 Å². The lowest BCUT2D eigenvalue weighted by molar-refractivity contribution is -0.387. The lowest BCUT2D eigenvalue weighted by Gasteiger charge is -2.42. The predicted octanol–water partition coefficient (Wildman–Crippen LogP) is 1.13. The van der Waals surface area contributed by atoms with Gasteiger partial charge in [-0.2, -0.15) is 17.5 Å². The van der Waals surface area contributed by atoms with Crippen molar-refractivity contribution in [2.75, 3.05) is 19.6 Å². The number of rotatable bonds is 4. The van der Waals surface area contributed by atoms with E-state index >= 15 is 0 Å². The van der Waals surface area contributed by atoms with Gasteiger partial charge in [0.25, 0.3) is 11.6 Å². The molecule has 9 nitrogen and oxygen atoms in total. The third kappa shape index (κ3) is 3.82. The van der Waals surface area contributed by atoms with Crippen LogP contribution in [0.1, 0.15) is 13.8 Å². The van der Waals surface area contributed by atoms with Crippen LogP contribution in [-0.2, 0) is 14.8 Å². The van der Waals surface area contributed by atoms with E-state index in [4.69, 9.17) is 0 Å². The van der Waals surface area contributed by atoms with E-state index in [1.165, 1.54) is 19.1 Å². The van der Waals surface area contributed by atoms with Gasteiger partial charge < -0.3 is 10.0 Å². The number of nitro groups is 1. The number of aliphatic hydroxyl groups is 1. The average molecular weight is 425 g/mol. The van der Waals surface area contributed by atoms with E-state index in [0.29, 0.717) is 6.92 Å². The topological polar surface area (TPSA) is 121 Å². The Hall–Kier alpha value is -2.25. The summed E-state index contributed by atoms with van der Waals surface area (Å²) in [5, 5.41) is 20.7. The van der Waals surface area contributed by atoms with Gasteiger partial charge in [-0.25, -0.2) is 8.42 Å². The zero-order valence-corrected chi connectivity index (χ0v) is 15.7. The van der Waals surface area contributed by atoms with Crippen LogP contribution in [0.4, 0.5) is 18.9 Å². The Morgan fingerprint density at radius 3 is 2.36 bits per heavy atom. The zero-order chi connectivity index (χ0) is 21.5. The number of carbonyl (C=O) groups excluding carboxylic acids is 1. The summed E-state index contributed by atoms with van der Waals surface area (Å²) < 4.78 is 65.1. The number of hydrogen-bond donors (Lipinski definition) is 1. The molecule has 0 radical (unpaired) electrons. The molecule has 1 aliphatic heterocycles. The van der Waals surface area contributed by atoms with Gasteiger partial charge in [-0.3, -0.25) is 14.9 Å². The number of para-hydroxylation sites is 1. The minimum Gasteiger partial charge on any atom is -0.373 e. The summed E-state index contributed by atoms with van der Waals surface area (Å²) in [6.07, 6.45) is -5.20. The first-order valence-electron chi connectivity index (χ1n) is 8.05. The monoisotopic (exact) mass is 425 g/mol. The zero-order valence-electron chi connectivity index (χ0n) is 14.9. The number of halogens is 3. The van der Waals surface area contributed by atoms with Crippen molar-refractivity contribution in [3.8, 4) is 0 Å². The molecule has 28 heavy (non-hydrogen) atoms. The molecule has 2 rings (SSSR count). The highest BCUT2D eigenvalue weighted by atomic mass is 32.2. The van der Waals surface area contributed by atoms with Crippen molar-refractivity contribution in [3.05, 3.63) is 34.4 Å². The Bertz CT molecular complexity index is 887. The molecule has 0 aromatic heterocycles. The second kappa shape index (κ2) is 7.29. The molecule has 13 heteroatoms. The number of sulfonamides is 1. The van der Waals surface area contributed by atoms with Crippen molar-refractivity contribution in [2.45, 2.75) is 36.6 Å². The van der Waals surface area contributed by atoms with Crippen LogP contribution in [0.3, 0.4) is 0 Å². The fourth-order valence-electron chi connectivity index (χ4n) is 2.81. The highest BCUT2D eigenvalue weighted by Gasteiger charge is 2.58. The molecule has 156 valence electrons. The highest BCUT2D eigenvalue weighted by molar-refractivity contribution is 7.89. The van der Waals surface area contributed by atoms with Crippen LogP contribution in [0.2, 0.25) is 0 Å². The molecule has 0 saturated carbocycles. The second-order valence-electron chi connectivity index (χ2n) is 6.51. The van der Waals surface area contributed by atoms with Crippen LogP contribution in [-0.4, -0.2) is 71.0 Å². The summed E-state index contributed by atoms with van der Waals surface area (Å²) in [5.41, 5.74) is -4.24.